The summed E-state index contributed by atoms with van der Waals surface area (Å²) in [7, 11) is 4.29. The predicted octanol–water partition coefficient (Wildman–Crippen LogP) is 1.92. The number of pyridine rings is 1. The third-order valence-electron chi connectivity index (χ3n) is 5.33. The maximum absolute atomic E-state index is 11.5. The summed E-state index contributed by atoms with van der Waals surface area (Å²) in [6.45, 7) is 0.859. The Bertz CT molecular complexity index is 490. The molecule has 0 bridgehead atoms. The van der Waals surface area contributed by atoms with Crippen molar-refractivity contribution in [2.24, 2.45) is 5.41 Å². The minimum absolute atomic E-state index is 0.0259. The van der Waals surface area contributed by atoms with Gasteiger partial charge in [0.05, 0.1) is 11.2 Å². The molecular weight excluding hydrogens is 250 g/mol. The van der Waals surface area contributed by atoms with E-state index in [1.54, 1.807) is 0 Å². The van der Waals surface area contributed by atoms with Crippen LogP contribution in [-0.2, 0) is 10.3 Å². The Kier molecular flexibility index (Phi) is 3.28. The van der Waals surface area contributed by atoms with Gasteiger partial charge in [0.2, 0.25) is 5.91 Å². The summed E-state index contributed by atoms with van der Waals surface area (Å²) < 4.78 is 0. The van der Waals surface area contributed by atoms with Crippen molar-refractivity contribution >= 4 is 5.91 Å². The third kappa shape index (κ3) is 2.12. The van der Waals surface area contributed by atoms with Gasteiger partial charge in [-0.25, -0.2) is 0 Å². The second-order valence-corrected chi connectivity index (χ2v) is 6.59. The number of nitrogens with one attached hydrogen (secondary N) is 1. The monoisotopic (exact) mass is 273 g/mol. The molecule has 108 valence electrons. The van der Waals surface area contributed by atoms with E-state index in [0.29, 0.717) is 6.42 Å². The number of aromatic nitrogens is 1. The van der Waals surface area contributed by atoms with Crippen molar-refractivity contribution in [3.63, 3.8) is 0 Å². The fourth-order valence-corrected chi connectivity index (χ4v) is 3.87. The molecule has 1 saturated heterocycles. The third-order valence-corrected chi connectivity index (χ3v) is 5.33. The van der Waals surface area contributed by atoms with Crippen LogP contribution in [0.15, 0.2) is 24.4 Å². The summed E-state index contributed by atoms with van der Waals surface area (Å²) in [6, 6.07) is 6.17. The van der Waals surface area contributed by atoms with Crippen LogP contribution >= 0.6 is 0 Å². The molecule has 1 aromatic heterocycles. The number of nitrogens with zero attached hydrogens (tertiary/aromatic N) is 2. The van der Waals surface area contributed by atoms with Gasteiger partial charge >= 0.3 is 0 Å². The van der Waals surface area contributed by atoms with Gasteiger partial charge in [-0.05, 0) is 57.3 Å². The Morgan fingerprint density at radius 1 is 1.20 bits per heavy atom. The molecular formula is C16H23N3O. The Balaban J connectivity index is 1.84. The van der Waals surface area contributed by atoms with E-state index in [2.05, 4.69) is 41.4 Å². The van der Waals surface area contributed by atoms with Gasteiger partial charge in [0.25, 0.3) is 0 Å². The highest BCUT2D eigenvalue weighted by molar-refractivity contribution is 5.79. The first-order valence-electron chi connectivity index (χ1n) is 7.42. The van der Waals surface area contributed by atoms with E-state index in [4.69, 9.17) is 0 Å². The van der Waals surface area contributed by atoms with Crippen LogP contribution < -0.4 is 5.32 Å². The molecule has 1 amide bonds. The zero-order valence-corrected chi connectivity index (χ0v) is 12.4. The first-order chi connectivity index (χ1) is 9.56. The second kappa shape index (κ2) is 4.85. The van der Waals surface area contributed by atoms with Gasteiger partial charge in [-0.15, -0.1) is 0 Å². The normalized spacial score (nSPS) is 33.6. The first-order valence-corrected chi connectivity index (χ1v) is 7.42. The molecule has 3 rings (SSSR count). The number of rotatable bonds is 2. The van der Waals surface area contributed by atoms with Crippen LogP contribution in [0.2, 0.25) is 0 Å². The van der Waals surface area contributed by atoms with E-state index in [1.807, 2.05) is 12.3 Å². The van der Waals surface area contributed by atoms with Gasteiger partial charge in [-0.1, -0.05) is 6.07 Å². The lowest BCUT2D eigenvalue weighted by atomic mass is 9.65. The Morgan fingerprint density at radius 3 is 2.45 bits per heavy atom. The van der Waals surface area contributed by atoms with Gasteiger partial charge in [-0.3, -0.25) is 14.7 Å². The fraction of sp³-hybridized carbons (Fsp3) is 0.625. The topological polar surface area (TPSA) is 45.2 Å². The smallest absolute Gasteiger partial charge is 0.220 e. The fourth-order valence-electron chi connectivity index (χ4n) is 3.87. The molecule has 1 saturated carbocycles. The predicted molar refractivity (Wildman–Crippen MR) is 78.1 cm³/mol. The number of carbonyl (C=O) groups excluding carboxylic acids is 1. The zero-order chi connectivity index (χ0) is 14.2. The lowest BCUT2D eigenvalue weighted by molar-refractivity contribution is -0.120. The summed E-state index contributed by atoms with van der Waals surface area (Å²) in [5.74, 6) is 0.222. The molecule has 1 aliphatic carbocycles. The highest BCUT2D eigenvalue weighted by Gasteiger charge is 2.48. The molecule has 2 aliphatic rings. The molecule has 20 heavy (non-hydrogen) atoms. The number of hydrogen-bond acceptors (Lipinski definition) is 3. The van der Waals surface area contributed by atoms with Gasteiger partial charge in [0.15, 0.2) is 0 Å². The Labute approximate surface area is 120 Å². The minimum Gasteiger partial charge on any atom is -0.356 e. The molecule has 1 aromatic rings. The average Bonchev–Trinajstić information content (AvgIpc) is 2.82. The van der Waals surface area contributed by atoms with E-state index >= 15 is 0 Å². The van der Waals surface area contributed by atoms with Gasteiger partial charge in [-0.2, -0.15) is 0 Å². The Hall–Kier alpha value is -1.42. The minimum atomic E-state index is 0.0259. The number of carbonyl (C=O) groups is 1. The summed E-state index contributed by atoms with van der Waals surface area (Å²) in [5.41, 5.74) is 1.39. The molecule has 0 aromatic carbocycles. The Morgan fingerprint density at radius 2 is 1.95 bits per heavy atom. The van der Waals surface area contributed by atoms with Crippen LogP contribution in [0.3, 0.4) is 0 Å². The number of amides is 1. The van der Waals surface area contributed by atoms with Crippen molar-refractivity contribution < 1.29 is 4.79 Å². The van der Waals surface area contributed by atoms with Crippen molar-refractivity contribution in [3.05, 3.63) is 30.1 Å². The molecule has 2 fully saturated rings. The summed E-state index contributed by atoms with van der Waals surface area (Å²) in [5, 5.41) is 3.01. The zero-order valence-electron chi connectivity index (χ0n) is 12.4. The maximum atomic E-state index is 11.5. The summed E-state index contributed by atoms with van der Waals surface area (Å²) in [6.07, 6.45) is 6.93. The van der Waals surface area contributed by atoms with Crippen LogP contribution in [-0.4, -0.2) is 36.4 Å². The van der Waals surface area contributed by atoms with Crippen LogP contribution in [0.4, 0.5) is 0 Å². The van der Waals surface area contributed by atoms with Crippen molar-refractivity contribution in [2.45, 2.75) is 37.6 Å². The standard InChI is InChI=1S/C16H23N3O/c1-19(2)16(13-5-3-4-10-17-13)8-6-15(7-9-16)11-14(20)18-12-15/h3-5,10H,6-9,11-12H2,1-2H3,(H,18,20). The van der Waals surface area contributed by atoms with Crippen molar-refractivity contribution in [2.75, 3.05) is 20.6 Å². The van der Waals surface area contributed by atoms with Crippen LogP contribution in [0.5, 0.6) is 0 Å². The van der Waals surface area contributed by atoms with E-state index in [0.717, 1.165) is 37.9 Å². The van der Waals surface area contributed by atoms with Gasteiger partial charge < -0.3 is 5.32 Å². The highest BCUT2D eigenvalue weighted by Crippen LogP contribution is 2.50. The molecule has 0 atom stereocenters. The van der Waals surface area contributed by atoms with E-state index in [-0.39, 0.29) is 16.9 Å². The highest BCUT2D eigenvalue weighted by atomic mass is 16.1. The van der Waals surface area contributed by atoms with Gasteiger partial charge in [0.1, 0.15) is 0 Å². The van der Waals surface area contributed by atoms with E-state index in [1.165, 1.54) is 0 Å². The number of hydrogen-bond donors (Lipinski definition) is 1. The van der Waals surface area contributed by atoms with Crippen molar-refractivity contribution in [1.29, 1.82) is 0 Å². The molecule has 0 radical (unpaired) electrons. The molecule has 1 spiro atoms. The SMILES string of the molecule is CN(C)C1(c2ccccn2)CCC2(CC1)CNC(=O)C2. The molecule has 0 unspecified atom stereocenters. The van der Waals surface area contributed by atoms with Gasteiger partial charge in [0, 0.05) is 19.2 Å². The van der Waals surface area contributed by atoms with Crippen molar-refractivity contribution in [3.8, 4) is 0 Å². The molecule has 1 N–H and O–H groups in total. The van der Waals surface area contributed by atoms with Crippen LogP contribution in [0.1, 0.15) is 37.8 Å². The van der Waals surface area contributed by atoms with E-state index < -0.39 is 0 Å². The second-order valence-electron chi connectivity index (χ2n) is 6.59. The van der Waals surface area contributed by atoms with E-state index in [9.17, 15) is 4.79 Å². The van der Waals surface area contributed by atoms with Crippen molar-refractivity contribution in [1.82, 2.24) is 15.2 Å². The average molecular weight is 273 g/mol. The summed E-state index contributed by atoms with van der Waals surface area (Å²) >= 11 is 0. The lowest BCUT2D eigenvalue weighted by Crippen LogP contribution is -2.47. The molecule has 4 nitrogen and oxygen atoms in total. The van der Waals surface area contributed by atoms with Crippen LogP contribution in [0, 0.1) is 5.41 Å². The molecule has 2 heterocycles. The molecule has 4 heteroatoms. The largest absolute Gasteiger partial charge is 0.356 e. The first kappa shape index (κ1) is 13.6. The summed E-state index contributed by atoms with van der Waals surface area (Å²) in [4.78, 5) is 18.5. The molecule has 1 aliphatic heterocycles. The quantitative estimate of drug-likeness (QED) is 0.895. The maximum Gasteiger partial charge on any atom is 0.220 e. The lowest BCUT2D eigenvalue weighted by Gasteiger charge is -2.47. The van der Waals surface area contributed by atoms with Crippen LogP contribution in [0.25, 0.3) is 0 Å².